The van der Waals surface area contributed by atoms with Crippen LogP contribution in [0.3, 0.4) is 0 Å². The third kappa shape index (κ3) is 4.22. The van der Waals surface area contributed by atoms with Crippen molar-refractivity contribution in [3.8, 4) is 0 Å². The lowest BCUT2D eigenvalue weighted by molar-refractivity contribution is 0.0915. The number of carbonyl (C=O) groups is 1. The van der Waals surface area contributed by atoms with Gasteiger partial charge in [0.25, 0.3) is 5.91 Å². The topological polar surface area (TPSA) is 109 Å². The molecule has 0 heterocycles. The van der Waals surface area contributed by atoms with Crippen molar-refractivity contribution in [1.82, 2.24) is 5.32 Å². The molecule has 1 aromatic rings. The van der Waals surface area contributed by atoms with Crippen LogP contribution >= 0.6 is 0 Å². The van der Waals surface area contributed by atoms with Gasteiger partial charge >= 0.3 is 0 Å². The van der Waals surface area contributed by atoms with Crippen LogP contribution in [0.1, 0.15) is 23.7 Å². The molecule has 0 aromatic heterocycles. The first kappa shape index (κ1) is 15.5. The minimum Gasteiger partial charge on any atom is -0.399 e. The molecule has 0 saturated heterocycles. The van der Waals surface area contributed by atoms with Crippen LogP contribution in [0, 0.1) is 0 Å². The molecular weight excluding hydrogens is 268 g/mol. The second kappa shape index (κ2) is 6.03. The first-order chi connectivity index (χ1) is 8.77. The Morgan fingerprint density at radius 3 is 2.53 bits per heavy atom. The first-order valence-electron chi connectivity index (χ1n) is 5.80. The van der Waals surface area contributed by atoms with E-state index in [0.717, 1.165) is 6.26 Å². The van der Waals surface area contributed by atoms with E-state index in [4.69, 9.17) is 10.8 Å². The van der Waals surface area contributed by atoms with E-state index in [1.807, 2.05) is 6.92 Å². The van der Waals surface area contributed by atoms with Crippen molar-refractivity contribution < 1.29 is 18.3 Å². The van der Waals surface area contributed by atoms with E-state index in [-0.39, 0.29) is 28.8 Å². The zero-order chi connectivity index (χ0) is 14.6. The lowest BCUT2D eigenvalue weighted by Crippen LogP contribution is -2.37. The molecule has 0 unspecified atom stereocenters. The molecule has 0 aliphatic carbocycles. The van der Waals surface area contributed by atoms with Gasteiger partial charge in [0.15, 0.2) is 9.84 Å². The summed E-state index contributed by atoms with van der Waals surface area (Å²) in [4.78, 5) is 11.9. The maximum atomic E-state index is 11.9. The number of nitrogen functional groups attached to an aromatic ring is 1. The van der Waals surface area contributed by atoms with Gasteiger partial charge in [0.05, 0.1) is 17.5 Å². The molecular formula is C12H18N2O4S. The van der Waals surface area contributed by atoms with Crippen molar-refractivity contribution in [1.29, 1.82) is 0 Å². The predicted octanol–water partition coefficient (Wildman–Crippen LogP) is 0.173. The summed E-state index contributed by atoms with van der Waals surface area (Å²) in [5.41, 5.74) is 5.95. The van der Waals surface area contributed by atoms with Crippen LogP contribution in [-0.4, -0.2) is 38.3 Å². The summed E-state index contributed by atoms with van der Waals surface area (Å²) in [6.45, 7) is 1.64. The van der Waals surface area contributed by atoms with Gasteiger partial charge in [-0.15, -0.1) is 0 Å². The minimum atomic E-state index is -3.43. The molecule has 7 heteroatoms. The maximum Gasteiger partial charge on any atom is 0.251 e. The lowest BCUT2D eigenvalue weighted by atomic mass is 10.1. The number of nitrogens with two attached hydrogens (primary N) is 1. The van der Waals surface area contributed by atoms with Crippen LogP contribution < -0.4 is 11.1 Å². The summed E-state index contributed by atoms with van der Waals surface area (Å²) in [5.74, 6) is -0.460. The second-order valence-electron chi connectivity index (χ2n) is 4.32. The highest BCUT2D eigenvalue weighted by molar-refractivity contribution is 7.90. The number of anilines is 1. The van der Waals surface area contributed by atoms with Crippen molar-refractivity contribution in [2.45, 2.75) is 24.3 Å². The lowest BCUT2D eigenvalue weighted by Gasteiger charge is -2.14. The monoisotopic (exact) mass is 286 g/mol. The minimum absolute atomic E-state index is 0.00491. The number of hydrogen-bond donors (Lipinski definition) is 3. The van der Waals surface area contributed by atoms with Gasteiger partial charge < -0.3 is 16.2 Å². The fourth-order valence-electron chi connectivity index (χ4n) is 1.51. The number of benzene rings is 1. The molecule has 1 atom stereocenters. The zero-order valence-electron chi connectivity index (χ0n) is 10.9. The van der Waals surface area contributed by atoms with Crippen LogP contribution in [0.5, 0.6) is 0 Å². The molecule has 1 rings (SSSR count). The quantitative estimate of drug-likeness (QED) is 0.669. The molecule has 1 amide bonds. The Balaban J connectivity index is 3.08. The largest absolute Gasteiger partial charge is 0.399 e. The van der Waals surface area contributed by atoms with Gasteiger partial charge in [-0.1, -0.05) is 6.92 Å². The highest BCUT2D eigenvalue weighted by Gasteiger charge is 2.15. The Bertz CT molecular complexity index is 565. The fourth-order valence-corrected chi connectivity index (χ4v) is 2.20. The van der Waals surface area contributed by atoms with E-state index in [0.29, 0.717) is 6.42 Å². The molecule has 1 aromatic carbocycles. The molecule has 0 fully saturated rings. The van der Waals surface area contributed by atoms with E-state index < -0.39 is 15.7 Å². The number of aliphatic hydroxyl groups excluding tert-OH is 1. The van der Waals surface area contributed by atoms with Crippen molar-refractivity contribution in [2.75, 3.05) is 18.6 Å². The molecule has 0 spiro atoms. The molecule has 19 heavy (non-hydrogen) atoms. The number of nitrogens with one attached hydrogen (secondary N) is 1. The van der Waals surface area contributed by atoms with Gasteiger partial charge in [-0.05, 0) is 24.6 Å². The fraction of sp³-hybridized carbons (Fsp3) is 0.417. The second-order valence-corrected chi connectivity index (χ2v) is 6.34. The summed E-state index contributed by atoms with van der Waals surface area (Å²) in [6, 6.07) is 3.60. The van der Waals surface area contributed by atoms with Gasteiger partial charge in [0.1, 0.15) is 0 Å². The number of sulfone groups is 1. The molecule has 0 saturated carbocycles. The van der Waals surface area contributed by atoms with E-state index in [1.54, 1.807) is 0 Å². The number of rotatable bonds is 5. The van der Waals surface area contributed by atoms with Crippen molar-refractivity contribution in [3.05, 3.63) is 23.8 Å². The number of aliphatic hydroxyl groups is 1. The van der Waals surface area contributed by atoms with Crippen molar-refractivity contribution in [3.63, 3.8) is 0 Å². The Morgan fingerprint density at radius 1 is 1.42 bits per heavy atom. The zero-order valence-corrected chi connectivity index (χ0v) is 11.7. The van der Waals surface area contributed by atoms with Crippen LogP contribution in [0.25, 0.3) is 0 Å². The summed E-state index contributed by atoms with van der Waals surface area (Å²) in [6.07, 6.45) is 1.62. The van der Waals surface area contributed by atoms with E-state index >= 15 is 0 Å². The van der Waals surface area contributed by atoms with Gasteiger partial charge in [0.2, 0.25) is 0 Å². The average molecular weight is 286 g/mol. The molecule has 6 nitrogen and oxygen atoms in total. The third-order valence-electron chi connectivity index (χ3n) is 2.67. The van der Waals surface area contributed by atoms with E-state index in [1.165, 1.54) is 18.2 Å². The smallest absolute Gasteiger partial charge is 0.251 e. The Hall–Kier alpha value is -1.60. The van der Waals surface area contributed by atoms with Gasteiger partial charge in [-0.3, -0.25) is 4.79 Å². The Morgan fingerprint density at radius 2 is 2.05 bits per heavy atom. The third-order valence-corrected chi connectivity index (χ3v) is 3.76. The van der Waals surface area contributed by atoms with Gasteiger partial charge in [0, 0.05) is 17.5 Å². The number of amides is 1. The summed E-state index contributed by atoms with van der Waals surface area (Å²) < 4.78 is 22.9. The standard InChI is InChI=1S/C12H18N2O4S/c1-3-10(7-15)14-12(16)8-4-9(13)6-11(5-8)19(2,17)18/h4-6,10,15H,3,7,13H2,1-2H3,(H,14,16)/t10-/m1/s1. The highest BCUT2D eigenvalue weighted by atomic mass is 32.2. The summed E-state index contributed by atoms with van der Waals surface area (Å²) in [5, 5.41) is 11.6. The molecule has 0 aliphatic heterocycles. The SMILES string of the molecule is CC[C@H](CO)NC(=O)c1cc(N)cc(S(C)(=O)=O)c1. The normalized spacial score (nSPS) is 13.0. The molecule has 106 valence electrons. The highest BCUT2D eigenvalue weighted by Crippen LogP contribution is 2.17. The van der Waals surface area contributed by atoms with Gasteiger partial charge in [-0.25, -0.2) is 8.42 Å². The molecule has 0 radical (unpaired) electrons. The summed E-state index contributed by atoms with van der Waals surface area (Å²) >= 11 is 0. The van der Waals surface area contributed by atoms with Crippen LogP contribution in [0.2, 0.25) is 0 Å². The number of carbonyl (C=O) groups excluding carboxylic acids is 1. The van der Waals surface area contributed by atoms with Gasteiger partial charge in [-0.2, -0.15) is 0 Å². The van der Waals surface area contributed by atoms with Crippen molar-refractivity contribution in [2.24, 2.45) is 0 Å². The van der Waals surface area contributed by atoms with Crippen molar-refractivity contribution >= 4 is 21.4 Å². The maximum absolute atomic E-state index is 11.9. The molecule has 0 aliphatic rings. The molecule has 4 N–H and O–H groups in total. The van der Waals surface area contributed by atoms with E-state index in [9.17, 15) is 13.2 Å². The van der Waals surface area contributed by atoms with Crippen LogP contribution in [-0.2, 0) is 9.84 Å². The Kier molecular flexibility index (Phi) is 4.90. The Labute approximate surface area is 112 Å². The van der Waals surface area contributed by atoms with Crippen LogP contribution in [0.4, 0.5) is 5.69 Å². The molecule has 0 bridgehead atoms. The average Bonchev–Trinajstić information content (AvgIpc) is 2.33. The summed E-state index contributed by atoms with van der Waals surface area (Å²) in [7, 11) is -3.43. The first-order valence-corrected chi connectivity index (χ1v) is 7.69. The predicted molar refractivity (Wildman–Crippen MR) is 72.6 cm³/mol. The van der Waals surface area contributed by atoms with Crippen LogP contribution in [0.15, 0.2) is 23.1 Å². The number of hydrogen-bond acceptors (Lipinski definition) is 5. The van der Waals surface area contributed by atoms with E-state index in [2.05, 4.69) is 5.32 Å².